The number of aromatic amines is 1. The number of carbonyl (C=O) groups excluding carboxylic acids is 4. The Balaban J connectivity index is 2.03. The van der Waals surface area contributed by atoms with Crippen molar-refractivity contribution in [3.63, 3.8) is 0 Å². The summed E-state index contributed by atoms with van der Waals surface area (Å²) >= 11 is 0. The Morgan fingerprint density at radius 1 is 1.00 bits per heavy atom. The van der Waals surface area contributed by atoms with Crippen LogP contribution in [-0.4, -0.2) is 41.4 Å². The number of hydrogen-bond acceptors (Lipinski definition) is 6. The topological polar surface area (TPSA) is 127 Å². The second-order valence-electron chi connectivity index (χ2n) is 6.64. The maximum absolute atomic E-state index is 12.5. The molecule has 0 aliphatic rings. The Morgan fingerprint density at radius 2 is 1.57 bits per heavy atom. The highest BCUT2D eigenvalue weighted by Crippen LogP contribution is 2.20. The Labute approximate surface area is 174 Å². The van der Waals surface area contributed by atoms with Crippen molar-refractivity contribution in [2.24, 2.45) is 0 Å². The number of anilines is 2. The molecule has 0 aliphatic heterocycles. The Morgan fingerprint density at radius 3 is 2.10 bits per heavy atom. The van der Waals surface area contributed by atoms with Crippen LogP contribution in [-0.2, 0) is 19.1 Å². The van der Waals surface area contributed by atoms with Crippen molar-refractivity contribution in [1.82, 2.24) is 4.98 Å². The fraction of sp³-hybridized carbons (Fsp3) is 0.333. The number of aromatic nitrogens is 1. The predicted octanol–water partition coefficient (Wildman–Crippen LogP) is 2.95. The van der Waals surface area contributed by atoms with Gasteiger partial charge in [-0.05, 0) is 57.5 Å². The summed E-state index contributed by atoms with van der Waals surface area (Å²) in [6, 6.07) is 6.50. The van der Waals surface area contributed by atoms with Crippen LogP contribution in [0.5, 0.6) is 0 Å². The van der Waals surface area contributed by atoms with Gasteiger partial charge in [-0.1, -0.05) is 0 Å². The molecule has 30 heavy (non-hydrogen) atoms. The quantitative estimate of drug-likeness (QED) is 0.597. The van der Waals surface area contributed by atoms with Gasteiger partial charge in [0, 0.05) is 24.0 Å². The van der Waals surface area contributed by atoms with Gasteiger partial charge in [0.05, 0.1) is 12.2 Å². The maximum atomic E-state index is 12.5. The minimum absolute atomic E-state index is 0.0925. The first-order valence-electron chi connectivity index (χ1n) is 9.39. The van der Waals surface area contributed by atoms with E-state index in [-0.39, 0.29) is 23.8 Å². The standard InChI is InChI=1S/C21H25N3O6/c1-6-29-20(27)17-11(2)18(22-12(17)3)21(28)30-13(4)19(26)24-16-9-7-15(8-10-16)23-14(5)25/h7-10,13,22H,6H2,1-5H3,(H,23,25)(H,24,26)/t13-/m1/s1. The average molecular weight is 415 g/mol. The van der Waals surface area contributed by atoms with Crippen LogP contribution in [0, 0.1) is 13.8 Å². The van der Waals surface area contributed by atoms with E-state index in [0.29, 0.717) is 22.6 Å². The van der Waals surface area contributed by atoms with Crippen LogP contribution in [0.1, 0.15) is 52.9 Å². The number of benzene rings is 1. The van der Waals surface area contributed by atoms with Gasteiger partial charge in [0.15, 0.2) is 6.10 Å². The summed E-state index contributed by atoms with van der Waals surface area (Å²) in [6.07, 6.45) is -1.08. The third kappa shape index (κ3) is 5.47. The zero-order chi connectivity index (χ0) is 22.4. The van der Waals surface area contributed by atoms with Gasteiger partial charge in [0.25, 0.3) is 5.91 Å². The molecule has 1 atom stereocenters. The molecule has 0 radical (unpaired) electrons. The molecule has 2 rings (SSSR count). The second kappa shape index (κ2) is 9.73. The molecule has 2 aromatic rings. The van der Waals surface area contributed by atoms with Crippen molar-refractivity contribution < 1.29 is 28.7 Å². The second-order valence-corrected chi connectivity index (χ2v) is 6.64. The van der Waals surface area contributed by atoms with E-state index in [1.54, 1.807) is 45.0 Å². The molecule has 0 spiro atoms. The predicted molar refractivity (Wildman–Crippen MR) is 110 cm³/mol. The largest absolute Gasteiger partial charge is 0.462 e. The summed E-state index contributed by atoms with van der Waals surface area (Å²) in [5.74, 6) is -2.01. The number of H-pyrrole nitrogens is 1. The molecule has 0 unspecified atom stereocenters. The molecule has 160 valence electrons. The number of amides is 2. The monoisotopic (exact) mass is 415 g/mol. The van der Waals surface area contributed by atoms with E-state index in [2.05, 4.69) is 15.6 Å². The fourth-order valence-corrected chi connectivity index (χ4v) is 2.82. The summed E-state index contributed by atoms with van der Waals surface area (Å²) in [4.78, 5) is 50.8. The third-order valence-electron chi connectivity index (χ3n) is 4.25. The molecule has 2 amide bonds. The number of esters is 2. The lowest BCUT2D eigenvalue weighted by molar-refractivity contribution is -0.123. The first-order valence-corrected chi connectivity index (χ1v) is 9.39. The molecule has 0 saturated carbocycles. The molecule has 0 saturated heterocycles. The van der Waals surface area contributed by atoms with Crippen LogP contribution in [0.25, 0.3) is 0 Å². The van der Waals surface area contributed by atoms with Gasteiger partial charge >= 0.3 is 11.9 Å². The molecule has 1 aromatic heterocycles. The van der Waals surface area contributed by atoms with E-state index in [1.807, 2.05) is 0 Å². The van der Waals surface area contributed by atoms with Crippen molar-refractivity contribution in [3.05, 3.63) is 46.8 Å². The fourth-order valence-electron chi connectivity index (χ4n) is 2.82. The molecule has 9 heteroatoms. The van der Waals surface area contributed by atoms with E-state index < -0.39 is 23.9 Å². The highest BCUT2D eigenvalue weighted by molar-refractivity contribution is 6.00. The highest BCUT2D eigenvalue weighted by Gasteiger charge is 2.26. The van der Waals surface area contributed by atoms with E-state index in [0.717, 1.165) is 0 Å². The third-order valence-corrected chi connectivity index (χ3v) is 4.25. The first-order chi connectivity index (χ1) is 14.1. The van der Waals surface area contributed by atoms with Gasteiger partial charge in [0.2, 0.25) is 5.91 Å². The van der Waals surface area contributed by atoms with Crippen LogP contribution in [0.4, 0.5) is 11.4 Å². The summed E-state index contributed by atoms with van der Waals surface area (Å²) in [6.45, 7) is 8.00. The SMILES string of the molecule is CCOC(=O)c1c(C)[nH]c(C(=O)O[C@H](C)C(=O)Nc2ccc(NC(C)=O)cc2)c1C. The summed E-state index contributed by atoms with van der Waals surface area (Å²) in [5.41, 5.74) is 2.32. The molecule has 0 aliphatic carbocycles. The number of nitrogens with one attached hydrogen (secondary N) is 3. The number of rotatable bonds is 7. The van der Waals surface area contributed by atoms with Crippen LogP contribution < -0.4 is 10.6 Å². The van der Waals surface area contributed by atoms with E-state index in [1.165, 1.54) is 13.8 Å². The summed E-state index contributed by atoms with van der Waals surface area (Å²) < 4.78 is 10.2. The normalized spacial score (nSPS) is 11.4. The van der Waals surface area contributed by atoms with Gasteiger partial charge in [-0.15, -0.1) is 0 Å². The highest BCUT2D eigenvalue weighted by atomic mass is 16.5. The van der Waals surface area contributed by atoms with Crippen molar-refractivity contribution >= 4 is 35.1 Å². The molecular weight excluding hydrogens is 390 g/mol. The van der Waals surface area contributed by atoms with E-state index in [9.17, 15) is 19.2 Å². The van der Waals surface area contributed by atoms with Gasteiger partial charge in [0.1, 0.15) is 5.69 Å². The zero-order valence-corrected chi connectivity index (χ0v) is 17.5. The lowest BCUT2D eigenvalue weighted by Crippen LogP contribution is -2.30. The van der Waals surface area contributed by atoms with Gasteiger partial charge in [-0.25, -0.2) is 9.59 Å². The molecule has 0 bridgehead atoms. The van der Waals surface area contributed by atoms with Crippen molar-refractivity contribution in [3.8, 4) is 0 Å². The molecule has 3 N–H and O–H groups in total. The molecule has 1 heterocycles. The van der Waals surface area contributed by atoms with Crippen LogP contribution in [0.3, 0.4) is 0 Å². The number of carbonyl (C=O) groups is 4. The van der Waals surface area contributed by atoms with Crippen molar-refractivity contribution in [2.45, 2.75) is 40.7 Å². The molecule has 0 fully saturated rings. The number of hydrogen-bond donors (Lipinski definition) is 3. The van der Waals surface area contributed by atoms with Crippen molar-refractivity contribution in [2.75, 3.05) is 17.2 Å². The van der Waals surface area contributed by atoms with Crippen molar-refractivity contribution in [1.29, 1.82) is 0 Å². The van der Waals surface area contributed by atoms with Crippen LogP contribution >= 0.6 is 0 Å². The van der Waals surface area contributed by atoms with Gasteiger partial charge < -0.3 is 25.1 Å². The molecule has 9 nitrogen and oxygen atoms in total. The van der Waals surface area contributed by atoms with Gasteiger partial charge in [-0.3, -0.25) is 9.59 Å². The summed E-state index contributed by atoms with van der Waals surface area (Å²) in [7, 11) is 0. The Hall–Kier alpha value is -3.62. The lowest BCUT2D eigenvalue weighted by Gasteiger charge is -2.14. The zero-order valence-electron chi connectivity index (χ0n) is 17.5. The van der Waals surface area contributed by atoms with E-state index >= 15 is 0 Å². The maximum Gasteiger partial charge on any atom is 0.355 e. The molecule has 1 aromatic carbocycles. The Bertz CT molecular complexity index is 962. The Kier molecular flexibility index (Phi) is 7.35. The average Bonchev–Trinajstić information content (AvgIpc) is 2.97. The van der Waals surface area contributed by atoms with E-state index in [4.69, 9.17) is 9.47 Å². The number of aryl methyl sites for hydroxylation is 1. The first kappa shape index (κ1) is 22.7. The number of ether oxygens (including phenoxy) is 2. The van der Waals surface area contributed by atoms with Crippen LogP contribution in [0.2, 0.25) is 0 Å². The lowest BCUT2D eigenvalue weighted by atomic mass is 10.1. The minimum Gasteiger partial charge on any atom is -0.462 e. The summed E-state index contributed by atoms with van der Waals surface area (Å²) in [5, 5.41) is 5.25. The van der Waals surface area contributed by atoms with Crippen LogP contribution in [0.15, 0.2) is 24.3 Å². The van der Waals surface area contributed by atoms with Gasteiger partial charge in [-0.2, -0.15) is 0 Å². The molecular formula is C21H25N3O6. The minimum atomic E-state index is -1.08. The smallest absolute Gasteiger partial charge is 0.355 e.